The van der Waals surface area contributed by atoms with Crippen molar-refractivity contribution in [3.8, 4) is 0 Å². The van der Waals surface area contributed by atoms with Gasteiger partial charge in [-0.3, -0.25) is 9.69 Å². The van der Waals surface area contributed by atoms with E-state index in [0.717, 1.165) is 5.56 Å². The van der Waals surface area contributed by atoms with Gasteiger partial charge in [0.2, 0.25) is 5.91 Å². The predicted octanol–water partition coefficient (Wildman–Crippen LogP) is 0.638. The van der Waals surface area contributed by atoms with Crippen molar-refractivity contribution in [3.63, 3.8) is 0 Å². The second-order valence-electron chi connectivity index (χ2n) is 5.41. The van der Waals surface area contributed by atoms with Crippen LogP contribution in [0.25, 0.3) is 0 Å². The van der Waals surface area contributed by atoms with E-state index in [9.17, 15) is 18.0 Å². The number of nitrogens with zero attached hydrogens (tertiary/aromatic N) is 2. The van der Waals surface area contributed by atoms with E-state index >= 15 is 0 Å². The maximum Gasteiger partial charge on any atom is 0.327 e. The van der Waals surface area contributed by atoms with Crippen LogP contribution in [0.4, 0.5) is 4.79 Å². The summed E-state index contributed by atoms with van der Waals surface area (Å²) in [6.45, 7) is 0.402. The minimum absolute atomic E-state index is 0.0252. The number of carbonyl (C=O) groups is 2. The highest BCUT2D eigenvalue weighted by atomic mass is 32.2. The number of sulfone groups is 1. The van der Waals surface area contributed by atoms with Gasteiger partial charge in [0.15, 0.2) is 9.84 Å². The molecule has 1 aromatic carbocycles. The van der Waals surface area contributed by atoms with Crippen LogP contribution < -0.4 is 0 Å². The first-order valence-corrected chi connectivity index (χ1v) is 8.64. The third-order valence-electron chi connectivity index (χ3n) is 3.90. The Balaban J connectivity index is 1.79. The molecule has 0 aromatic heterocycles. The van der Waals surface area contributed by atoms with Crippen molar-refractivity contribution in [3.05, 3.63) is 35.9 Å². The fraction of sp³-hybridized carbons (Fsp3) is 0.429. The molecule has 0 spiro atoms. The smallest absolute Gasteiger partial charge is 0.319 e. The minimum Gasteiger partial charge on any atom is -0.319 e. The van der Waals surface area contributed by atoms with Crippen molar-refractivity contribution in [2.24, 2.45) is 0 Å². The first-order valence-electron chi connectivity index (χ1n) is 6.81. The molecule has 2 saturated heterocycles. The van der Waals surface area contributed by atoms with Gasteiger partial charge in [0.25, 0.3) is 0 Å². The van der Waals surface area contributed by atoms with Crippen LogP contribution in [0.5, 0.6) is 0 Å². The van der Waals surface area contributed by atoms with Gasteiger partial charge in [-0.15, -0.1) is 0 Å². The summed E-state index contributed by atoms with van der Waals surface area (Å²) in [5.74, 6) is -0.436. The lowest BCUT2D eigenvalue weighted by Crippen LogP contribution is -2.61. The van der Waals surface area contributed by atoms with Crippen LogP contribution in [0.3, 0.4) is 0 Å². The fourth-order valence-electron chi connectivity index (χ4n) is 2.80. The van der Waals surface area contributed by atoms with Gasteiger partial charge < -0.3 is 4.90 Å². The van der Waals surface area contributed by atoms with E-state index in [2.05, 4.69) is 0 Å². The zero-order chi connectivity index (χ0) is 15.0. The number of carbonyl (C=O) groups excluding carboxylic acids is 2. The van der Waals surface area contributed by atoms with E-state index in [1.54, 1.807) is 0 Å². The highest BCUT2D eigenvalue weighted by Gasteiger charge is 2.43. The van der Waals surface area contributed by atoms with Crippen LogP contribution in [0.15, 0.2) is 30.3 Å². The zero-order valence-electron chi connectivity index (χ0n) is 11.4. The molecule has 2 fully saturated rings. The quantitative estimate of drug-likeness (QED) is 0.803. The Kier molecular flexibility index (Phi) is 3.44. The van der Waals surface area contributed by atoms with Crippen LogP contribution in [-0.4, -0.2) is 54.2 Å². The number of hydrogen-bond donors (Lipinski definition) is 0. The van der Waals surface area contributed by atoms with E-state index in [4.69, 9.17) is 0 Å². The van der Waals surface area contributed by atoms with Crippen molar-refractivity contribution in [2.45, 2.75) is 19.0 Å². The molecule has 0 bridgehead atoms. The molecule has 7 heteroatoms. The van der Waals surface area contributed by atoms with Gasteiger partial charge in [-0.2, -0.15) is 0 Å². The van der Waals surface area contributed by atoms with E-state index in [-0.39, 0.29) is 43.0 Å². The summed E-state index contributed by atoms with van der Waals surface area (Å²) in [6, 6.07) is 8.40. The molecular formula is C14H16N2O4S. The Hall–Kier alpha value is -1.89. The van der Waals surface area contributed by atoms with Crippen molar-refractivity contribution in [1.82, 2.24) is 9.80 Å². The summed E-state index contributed by atoms with van der Waals surface area (Å²) >= 11 is 0. The summed E-state index contributed by atoms with van der Waals surface area (Å²) in [6.07, 6.45) is 0.0812. The highest BCUT2D eigenvalue weighted by molar-refractivity contribution is 7.91. The molecule has 3 amide bonds. The molecule has 21 heavy (non-hydrogen) atoms. The van der Waals surface area contributed by atoms with E-state index in [0.29, 0.717) is 0 Å². The largest absolute Gasteiger partial charge is 0.327 e. The van der Waals surface area contributed by atoms with Gasteiger partial charge in [-0.05, 0) is 5.56 Å². The molecule has 0 N–H and O–H groups in total. The van der Waals surface area contributed by atoms with E-state index in [1.807, 2.05) is 30.3 Å². The van der Waals surface area contributed by atoms with Gasteiger partial charge in [0.1, 0.15) is 0 Å². The molecule has 0 saturated carbocycles. The van der Waals surface area contributed by atoms with Gasteiger partial charge >= 0.3 is 6.03 Å². The molecule has 3 rings (SSSR count). The van der Waals surface area contributed by atoms with Crippen LogP contribution >= 0.6 is 0 Å². The number of benzene rings is 1. The summed E-state index contributed by atoms with van der Waals surface area (Å²) in [5, 5.41) is 0. The van der Waals surface area contributed by atoms with Crippen molar-refractivity contribution in [2.75, 3.05) is 18.1 Å². The van der Waals surface area contributed by atoms with Gasteiger partial charge in [-0.25, -0.2) is 13.2 Å². The Morgan fingerprint density at radius 3 is 2.57 bits per heavy atom. The molecule has 1 unspecified atom stereocenters. The van der Waals surface area contributed by atoms with Crippen LogP contribution in [0.1, 0.15) is 12.0 Å². The van der Waals surface area contributed by atoms with Gasteiger partial charge in [0, 0.05) is 13.0 Å². The first kappa shape index (κ1) is 14.1. The summed E-state index contributed by atoms with van der Waals surface area (Å²) < 4.78 is 23.3. The second-order valence-corrected chi connectivity index (χ2v) is 7.64. The standard InChI is InChI=1S/C14H16N2O4S/c17-13-8-12-10-21(19,20)7-6-15(12)14(18)16(13)9-11-4-2-1-3-5-11/h1-5,12H,6-10H2. The van der Waals surface area contributed by atoms with Gasteiger partial charge in [0.05, 0.1) is 24.1 Å². The normalized spacial score (nSPS) is 24.9. The summed E-state index contributed by atoms with van der Waals surface area (Å²) in [5.41, 5.74) is 0.877. The molecule has 2 heterocycles. The van der Waals surface area contributed by atoms with Crippen molar-refractivity contribution < 1.29 is 18.0 Å². The Morgan fingerprint density at radius 2 is 1.86 bits per heavy atom. The van der Waals surface area contributed by atoms with Crippen LogP contribution in [0, 0.1) is 0 Å². The summed E-state index contributed by atoms with van der Waals surface area (Å²) in [7, 11) is -3.14. The highest BCUT2D eigenvalue weighted by Crippen LogP contribution is 2.24. The molecular weight excluding hydrogens is 292 g/mol. The lowest BCUT2D eigenvalue weighted by Gasteiger charge is -2.42. The molecule has 2 aliphatic heterocycles. The molecule has 1 atom stereocenters. The van der Waals surface area contributed by atoms with Crippen LogP contribution in [-0.2, 0) is 21.2 Å². The third-order valence-corrected chi connectivity index (χ3v) is 5.60. The number of amides is 3. The summed E-state index contributed by atoms with van der Waals surface area (Å²) in [4.78, 5) is 27.3. The van der Waals surface area contributed by atoms with Crippen molar-refractivity contribution in [1.29, 1.82) is 0 Å². The number of fused-ring (bicyclic) bond motifs is 1. The number of rotatable bonds is 2. The number of hydrogen-bond acceptors (Lipinski definition) is 4. The molecule has 112 valence electrons. The second kappa shape index (κ2) is 5.14. The van der Waals surface area contributed by atoms with Gasteiger partial charge in [-0.1, -0.05) is 30.3 Å². The average molecular weight is 308 g/mol. The molecule has 6 nitrogen and oxygen atoms in total. The Bertz CT molecular complexity index is 671. The van der Waals surface area contributed by atoms with E-state index < -0.39 is 15.9 Å². The Labute approximate surface area is 123 Å². The van der Waals surface area contributed by atoms with Crippen LogP contribution in [0.2, 0.25) is 0 Å². The topological polar surface area (TPSA) is 74.8 Å². The number of imide groups is 1. The maximum absolute atomic E-state index is 12.4. The fourth-order valence-corrected chi connectivity index (χ4v) is 4.33. The first-order chi connectivity index (χ1) is 9.96. The van der Waals surface area contributed by atoms with Crippen molar-refractivity contribution >= 4 is 21.8 Å². The molecule has 2 aliphatic rings. The molecule has 0 aliphatic carbocycles. The Morgan fingerprint density at radius 1 is 1.14 bits per heavy atom. The third kappa shape index (κ3) is 2.78. The predicted molar refractivity (Wildman–Crippen MR) is 76.2 cm³/mol. The monoisotopic (exact) mass is 308 g/mol. The minimum atomic E-state index is -3.14. The average Bonchev–Trinajstić information content (AvgIpc) is 2.43. The van der Waals surface area contributed by atoms with E-state index in [1.165, 1.54) is 9.80 Å². The lowest BCUT2D eigenvalue weighted by atomic mass is 10.1. The molecule has 1 aromatic rings. The molecule has 0 radical (unpaired) electrons. The SMILES string of the molecule is O=C1CC2CS(=O)(=O)CCN2C(=O)N1Cc1ccccc1. The number of urea groups is 1. The lowest BCUT2D eigenvalue weighted by molar-refractivity contribution is -0.132. The zero-order valence-corrected chi connectivity index (χ0v) is 12.3. The maximum atomic E-state index is 12.4.